The molecule has 1 heterocycles. The monoisotopic (exact) mass is 1790 g/mol. The number of carbonyl (C=O) groups is 10. The van der Waals surface area contributed by atoms with Gasteiger partial charge in [0.05, 0.1) is 349 Å². The van der Waals surface area contributed by atoms with Crippen LogP contribution in [-0.4, -0.2) is 461 Å². The number of nitrogens with zero attached hydrogens (tertiary/aromatic N) is 1. The molecule has 3 atom stereocenters. The van der Waals surface area contributed by atoms with Gasteiger partial charge in [-0.3, -0.25) is 52.8 Å². The van der Waals surface area contributed by atoms with Crippen molar-refractivity contribution in [2.24, 2.45) is 5.73 Å². The lowest BCUT2D eigenvalue weighted by atomic mass is 10.2. The van der Waals surface area contributed by atoms with Crippen molar-refractivity contribution in [3.05, 3.63) is 0 Å². The first-order valence-electron chi connectivity index (χ1n) is 40.8. The molecule has 0 unspecified atom stereocenters. The standard InChI is InChI=1S/C75H139N9O35S2/c1-63(85)81-62-121-61-65(83-69(88)59-79-73(93)64(6-56-120-2)82-68(87)60-80-75(95)66(57-76)84-70(89)3-4-71(84)90)74(94)78-58-67(86)77-7-9-97-11-13-99-15-17-101-19-21-103-23-25-105-27-29-107-31-33-109-35-37-111-39-41-113-43-45-115-47-49-117-51-53-119-55-54-118-52-50-116-48-46-114-44-42-112-40-38-110-36-34-108-32-30-106-28-26-104-24-22-102-20-18-100-16-14-98-12-10-96-8-5-72(91)92/h64-66H,3-62,76H2,1-2H3,(H,77,86)(H,78,94)(H,79,93)(H,80,95)(H,81,85)(H,82,87)(H,83,88)(H,91,92)/t64-,65-,66-/m0/s1. The first kappa shape index (κ1) is 114. The maximum atomic E-state index is 13.2. The second-order valence-electron chi connectivity index (χ2n) is 25.0. The summed E-state index contributed by atoms with van der Waals surface area (Å²) in [7, 11) is 0. The Hall–Kier alpha value is -5.40. The lowest BCUT2D eigenvalue weighted by Crippen LogP contribution is -2.56. The van der Waals surface area contributed by atoms with E-state index in [0.29, 0.717) is 296 Å². The predicted molar refractivity (Wildman–Crippen MR) is 436 cm³/mol. The summed E-state index contributed by atoms with van der Waals surface area (Å²) in [4.78, 5) is 124. The quantitative estimate of drug-likeness (QED) is 0.0157. The lowest BCUT2D eigenvalue weighted by Gasteiger charge is -2.24. The molecule has 0 aliphatic carbocycles. The average Bonchev–Trinajstić information content (AvgIpc) is 1.70. The predicted octanol–water partition coefficient (Wildman–Crippen LogP) is -4.65. The molecule has 0 spiro atoms. The van der Waals surface area contributed by atoms with Gasteiger partial charge < -0.3 is 162 Å². The van der Waals surface area contributed by atoms with E-state index in [1.807, 2.05) is 0 Å². The number of carbonyl (C=O) groups excluding carboxylic acids is 9. The third kappa shape index (κ3) is 76.7. The van der Waals surface area contributed by atoms with Crippen LogP contribution in [0.15, 0.2) is 0 Å². The fourth-order valence-corrected chi connectivity index (χ4v) is 10.7. The van der Waals surface area contributed by atoms with E-state index in [9.17, 15) is 47.9 Å². The number of carboxylic acid groups (broad SMARTS) is 1. The van der Waals surface area contributed by atoms with Gasteiger partial charge >= 0.3 is 5.97 Å². The zero-order valence-corrected chi connectivity index (χ0v) is 72.5. The molecule has 1 fully saturated rings. The number of likely N-dealkylation sites (tertiary alicyclic amines) is 1. The summed E-state index contributed by atoms with van der Waals surface area (Å²) < 4.78 is 132. The molecular formula is C75H139N9O35S2. The minimum atomic E-state index is -1.30. The number of amides is 9. The van der Waals surface area contributed by atoms with Crippen LogP contribution in [0.3, 0.4) is 0 Å². The number of thioether (sulfide) groups is 2. The normalized spacial score (nSPS) is 12.9. The van der Waals surface area contributed by atoms with Crippen LogP contribution >= 0.6 is 23.5 Å². The second-order valence-corrected chi connectivity index (χ2v) is 27.0. The molecule has 10 N–H and O–H groups in total. The molecule has 0 radical (unpaired) electrons. The number of imide groups is 1. The summed E-state index contributed by atoms with van der Waals surface area (Å²) in [5.41, 5.74) is 5.65. The Balaban J connectivity index is 1.82. The largest absolute Gasteiger partial charge is 0.481 e. The van der Waals surface area contributed by atoms with E-state index >= 15 is 0 Å². The summed E-state index contributed by atoms with van der Waals surface area (Å²) in [5.74, 6) is -6.12. The van der Waals surface area contributed by atoms with Gasteiger partial charge in [0, 0.05) is 38.6 Å². The maximum absolute atomic E-state index is 13.2. The molecule has 9 amide bonds. The van der Waals surface area contributed by atoms with Crippen molar-refractivity contribution in [3.8, 4) is 0 Å². The van der Waals surface area contributed by atoms with Crippen molar-refractivity contribution in [2.45, 2.75) is 50.7 Å². The molecule has 0 saturated carbocycles. The molecule has 1 rings (SSSR count). The van der Waals surface area contributed by atoms with Crippen LogP contribution in [-0.2, 0) is 162 Å². The Morgan fingerprint density at radius 3 is 0.860 bits per heavy atom. The van der Waals surface area contributed by atoms with Gasteiger partial charge in [-0.05, 0) is 18.4 Å². The van der Waals surface area contributed by atoms with Crippen molar-refractivity contribution in [3.63, 3.8) is 0 Å². The topological polar surface area (TPSA) is 526 Å². The molecule has 1 saturated heterocycles. The molecule has 0 bridgehead atoms. The summed E-state index contributed by atoms with van der Waals surface area (Å²) in [6, 6.07) is -3.63. The minimum absolute atomic E-state index is 0.0176. The van der Waals surface area contributed by atoms with Crippen LogP contribution in [0.25, 0.3) is 0 Å². The Kier molecular flexibility index (Phi) is 82.7. The molecule has 46 heteroatoms. The number of aliphatic carboxylic acids is 1. The number of nitrogens with one attached hydrogen (secondary N) is 7. The maximum Gasteiger partial charge on any atom is 0.305 e. The van der Waals surface area contributed by atoms with Crippen LogP contribution < -0.4 is 43.0 Å². The average molecular weight is 1790 g/mol. The first-order valence-corrected chi connectivity index (χ1v) is 43.4. The summed E-state index contributed by atoms with van der Waals surface area (Å²) in [6.07, 6.45) is 1.80. The highest BCUT2D eigenvalue weighted by Crippen LogP contribution is 2.15. The van der Waals surface area contributed by atoms with Crippen molar-refractivity contribution in [2.75, 3.05) is 373 Å². The van der Waals surface area contributed by atoms with Gasteiger partial charge in [-0.15, -0.1) is 11.8 Å². The number of carboxylic acids is 1. The number of rotatable bonds is 95. The number of hydrogen-bond donors (Lipinski definition) is 9. The van der Waals surface area contributed by atoms with E-state index in [1.165, 1.54) is 18.7 Å². The lowest BCUT2D eigenvalue weighted by molar-refractivity contribution is -0.146. The molecule has 121 heavy (non-hydrogen) atoms. The number of ether oxygens (including phenoxy) is 24. The van der Waals surface area contributed by atoms with Crippen LogP contribution in [0.5, 0.6) is 0 Å². The van der Waals surface area contributed by atoms with E-state index in [1.54, 1.807) is 6.26 Å². The van der Waals surface area contributed by atoms with Gasteiger partial charge in [0.15, 0.2) is 0 Å². The van der Waals surface area contributed by atoms with Gasteiger partial charge in [0.1, 0.15) is 18.1 Å². The van der Waals surface area contributed by atoms with E-state index in [0.717, 1.165) is 16.7 Å². The SMILES string of the molecule is CSCC[C@H](NC(=O)CNC(=O)[C@H](CN)N1C(=O)CCC1=O)C(=O)NCC(=O)N[C@@H](CSCNC(C)=O)C(=O)NCC(=O)NCCOCCOCCOCCOCCOCCOCCOCCOCCOCCOCCOCCOCCOCCOCCOCCOCCOCCOCCOCCOCCOCCOCCOCCOCCC(=O)O. The third-order valence-electron chi connectivity index (χ3n) is 15.4. The fraction of sp³-hybridized carbons (Fsp3) is 0.867. The van der Waals surface area contributed by atoms with Gasteiger partial charge in [-0.2, -0.15) is 11.8 Å². The molecule has 0 aromatic heterocycles. The number of hydrogen-bond acceptors (Lipinski definition) is 37. The highest BCUT2D eigenvalue weighted by Gasteiger charge is 2.38. The summed E-state index contributed by atoms with van der Waals surface area (Å²) in [6.45, 7) is 19.6. The van der Waals surface area contributed by atoms with Crippen LogP contribution in [0.2, 0.25) is 0 Å². The fourth-order valence-electron chi connectivity index (χ4n) is 9.29. The first-order chi connectivity index (χ1) is 59.2. The highest BCUT2D eigenvalue weighted by atomic mass is 32.2. The van der Waals surface area contributed by atoms with Crippen molar-refractivity contribution in [1.29, 1.82) is 0 Å². The highest BCUT2D eigenvalue weighted by molar-refractivity contribution is 7.99. The summed E-state index contributed by atoms with van der Waals surface area (Å²) in [5, 5.41) is 26.0. The molecule has 0 aromatic rings. The van der Waals surface area contributed by atoms with E-state index in [-0.39, 0.29) is 82.7 Å². The van der Waals surface area contributed by atoms with Crippen LogP contribution in [0.1, 0.15) is 32.6 Å². The zero-order chi connectivity index (χ0) is 87.8. The Bertz CT molecular complexity index is 2530. The molecule has 1 aliphatic heterocycles. The molecule has 706 valence electrons. The smallest absolute Gasteiger partial charge is 0.305 e. The molecular weight excluding hydrogens is 1650 g/mol. The zero-order valence-electron chi connectivity index (χ0n) is 70.8. The van der Waals surface area contributed by atoms with Gasteiger partial charge in [-0.25, -0.2) is 0 Å². The number of nitrogens with two attached hydrogens (primary N) is 1. The van der Waals surface area contributed by atoms with Crippen molar-refractivity contribution >= 4 is 82.7 Å². The van der Waals surface area contributed by atoms with Gasteiger partial charge in [-0.1, -0.05) is 0 Å². The molecule has 44 nitrogen and oxygen atoms in total. The second kappa shape index (κ2) is 88.1. The Morgan fingerprint density at radius 1 is 0.347 bits per heavy atom. The molecule has 0 aromatic carbocycles. The Labute approximate surface area is 718 Å². The Morgan fingerprint density at radius 2 is 0.595 bits per heavy atom. The van der Waals surface area contributed by atoms with E-state index in [4.69, 9.17) is 125 Å². The van der Waals surface area contributed by atoms with E-state index in [2.05, 4.69) is 37.2 Å². The summed E-state index contributed by atoms with van der Waals surface area (Å²) >= 11 is 2.51. The van der Waals surface area contributed by atoms with Gasteiger partial charge in [0.2, 0.25) is 53.2 Å². The van der Waals surface area contributed by atoms with Crippen molar-refractivity contribution in [1.82, 2.24) is 42.1 Å². The third-order valence-corrected chi connectivity index (χ3v) is 17.0. The van der Waals surface area contributed by atoms with Crippen LogP contribution in [0, 0.1) is 0 Å². The molecule has 1 aliphatic rings. The van der Waals surface area contributed by atoms with E-state index < -0.39 is 91.0 Å². The van der Waals surface area contributed by atoms with Gasteiger partial charge in [0.25, 0.3) is 0 Å². The van der Waals surface area contributed by atoms with Crippen molar-refractivity contribution < 1.29 is 167 Å². The van der Waals surface area contributed by atoms with Crippen LogP contribution in [0.4, 0.5) is 0 Å². The minimum Gasteiger partial charge on any atom is -0.481 e.